The summed E-state index contributed by atoms with van der Waals surface area (Å²) < 4.78 is 12.0. The van der Waals surface area contributed by atoms with Gasteiger partial charge in [-0.2, -0.15) is 0 Å². The second-order valence-corrected chi connectivity index (χ2v) is 8.96. The summed E-state index contributed by atoms with van der Waals surface area (Å²) in [6.07, 6.45) is 7.65. The third-order valence-electron chi connectivity index (χ3n) is 7.87. The van der Waals surface area contributed by atoms with Crippen LogP contribution in [0.15, 0.2) is 36.7 Å². The standard InChI is InChI=1S/C22H24N2O4/c25-21(15-3-1-7-23-15)27-19-13-10-14(18-12-6-5-11(9-12)17(13)18)20(19)28-22(26)16-4-2-8-24-16/h1-4,7-8,11-14,17-20,23-24H,5-6,9-10H2. The third-order valence-corrected chi connectivity index (χ3v) is 7.87. The molecule has 0 saturated heterocycles. The van der Waals surface area contributed by atoms with Crippen molar-refractivity contribution < 1.29 is 19.1 Å². The molecule has 0 aliphatic heterocycles. The Morgan fingerprint density at radius 1 is 0.786 bits per heavy atom. The van der Waals surface area contributed by atoms with Crippen LogP contribution in [-0.4, -0.2) is 34.1 Å². The number of rotatable bonds is 4. The van der Waals surface area contributed by atoms with E-state index >= 15 is 0 Å². The lowest BCUT2D eigenvalue weighted by molar-refractivity contribution is -0.0894. The molecule has 28 heavy (non-hydrogen) atoms. The highest BCUT2D eigenvalue weighted by Crippen LogP contribution is 2.68. The number of ether oxygens (including phenoxy) is 2. The molecule has 2 N–H and O–H groups in total. The molecule has 2 aromatic rings. The predicted molar refractivity (Wildman–Crippen MR) is 99.4 cm³/mol. The molecular weight excluding hydrogens is 356 g/mol. The van der Waals surface area contributed by atoms with Gasteiger partial charge in [0.2, 0.25) is 0 Å². The molecule has 146 valence electrons. The Balaban J connectivity index is 1.29. The topological polar surface area (TPSA) is 84.2 Å². The molecule has 0 radical (unpaired) electrons. The van der Waals surface area contributed by atoms with Crippen molar-refractivity contribution in [3.63, 3.8) is 0 Å². The van der Waals surface area contributed by atoms with E-state index in [0.29, 0.717) is 35.1 Å². The van der Waals surface area contributed by atoms with Gasteiger partial charge in [-0.25, -0.2) is 9.59 Å². The highest BCUT2D eigenvalue weighted by molar-refractivity contribution is 5.88. The zero-order valence-corrected chi connectivity index (χ0v) is 15.5. The van der Waals surface area contributed by atoms with E-state index in [-0.39, 0.29) is 24.1 Å². The fourth-order valence-electron chi connectivity index (χ4n) is 7.07. The Kier molecular flexibility index (Phi) is 3.52. The van der Waals surface area contributed by atoms with E-state index in [1.54, 1.807) is 36.7 Å². The summed E-state index contributed by atoms with van der Waals surface area (Å²) in [6.45, 7) is 0. The highest BCUT2D eigenvalue weighted by Gasteiger charge is 2.68. The Hall–Kier alpha value is -2.50. The highest BCUT2D eigenvalue weighted by atomic mass is 16.6. The maximum absolute atomic E-state index is 12.6. The van der Waals surface area contributed by atoms with Crippen molar-refractivity contribution in [2.24, 2.45) is 35.5 Å². The second kappa shape index (κ2) is 6.00. The van der Waals surface area contributed by atoms with E-state index in [4.69, 9.17) is 9.47 Å². The maximum Gasteiger partial charge on any atom is 0.355 e. The van der Waals surface area contributed by atoms with Gasteiger partial charge in [-0.05, 0) is 73.6 Å². The number of fused-ring (bicyclic) bond motifs is 9. The Bertz CT molecular complexity index is 818. The van der Waals surface area contributed by atoms with Crippen LogP contribution in [0.5, 0.6) is 0 Å². The molecule has 4 aliphatic carbocycles. The molecule has 8 atom stereocenters. The first-order chi connectivity index (χ1) is 13.7. The molecule has 6 rings (SSSR count). The van der Waals surface area contributed by atoms with Crippen LogP contribution in [0, 0.1) is 35.5 Å². The van der Waals surface area contributed by atoms with Gasteiger partial charge in [0.25, 0.3) is 0 Å². The van der Waals surface area contributed by atoms with Gasteiger partial charge in [-0.15, -0.1) is 0 Å². The summed E-state index contributed by atoms with van der Waals surface area (Å²) >= 11 is 0. The van der Waals surface area contributed by atoms with Crippen LogP contribution in [0.1, 0.15) is 46.7 Å². The molecule has 0 aromatic carbocycles. The van der Waals surface area contributed by atoms with Crippen molar-refractivity contribution in [2.45, 2.75) is 37.9 Å². The Morgan fingerprint density at radius 2 is 1.29 bits per heavy atom. The van der Waals surface area contributed by atoms with Crippen LogP contribution < -0.4 is 0 Å². The first kappa shape index (κ1) is 16.5. The number of carbonyl (C=O) groups is 2. The molecule has 6 nitrogen and oxygen atoms in total. The van der Waals surface area contributed by atoms with Gasteiger partial charge in [-0.3, -0.25) is 0 Å². The largest absolute Gasteiger partial charge is 0.453 e. The monoisotopic (exact) mass is 380 g/mol. The zero-order valence-electron chi connectivity index (χ0n) is 15.5. The second-order valence-electron chi connectivity index (χ2n) is 8.96. The number of aromatic amines is 2. The predicted octanol–water partition coefficient (Wildman–Crippen LogP) is 3.41. The quantitative estimate of drug-likeness (QED) is 0.629. The number of aromatic nitrogens is 2. The van der Waals surface area contributed by atoms with Gasteiger partial charge in [0.05, 0.1) is 0 Å². The van der Waals surface area contributed by atoms with E-state index in [0.717, 1.165) is 18.3 Å². The van der Waals surface area contributed by atoms with Crippen molar-refractivity contribution >= 4 is 11.9 Å². The number of carbonyl (C=O) groups excluding carboxylic acids is 2. The fraction of sp³-hybridized carbons (Fsp3) is 0.545. The van der Waals surface area contributed by atoms with E-state index in [9.17, 15) is 9.59 Å². The fourth-order valence-corrected chi connectivity index (χ4v) is 7.07. The van der Waals surface area contributed by atoms with E-state index in [1.165, 1.54) is 19.3 Å². The molecule has 6 heteroatoms. The molecule has 0 spiro atoms. The zero-order chi connectivity index (χ0) is 18.8. The van der Waals surface area contributed by atoms with E-state index in [1.807, 2.05) is 0 Å². The normalized spacial score (nSPS) is 39.9. The number of nitrogens with one attached hydrogen (secondary N) is 2. The van der Waals surface area contributed by atoms with Gasteiger partial charge >= 0.3 is 11.9 Å². The number of hydrogen-bond acceptors (Lipinski definition) is 4. The van der Waals surface area contributed by atoms with Crippen LogP contribution in [0.25, 0.3) is 0 Å². The third kappa shape index (κ3) is 2.26. The molecule has 2 heterocycles. The maximum atomic E-state index is 12.6. The summed E-state index contributed by atoms with van der Waals surface area (Å²) in [6, 6.07) is 7.00. The van der Waals surface area contributed by atoms with Gasteiger partial charge in [0.1, 0.15) is 23.6 Å². The van der Waals surface area contributed by atoms with Crippen LogP contribution in [0.4, 0.5) is 0 Å². The molecule has 2 aromatic heterocycles. The lowest BCUT2D eigenvalue weighted by atomic mass is 9.69. The summed E-state index contributed by atoms with van der Waals surface area (Å²) in [7, 11) is 0. The van der Waals surface area contributed by atoms with Crippen molar-refractivity contribution in [1.82, 2.24) is 9.97 Å². The summed E-state index contributed by atoms with van der Waals surface area (Å²) in [4.78, 5) is 31.1. The molecule has 4 saturated carbocycles. The van der Waals surface area contributed by atoms with Crippen molar-refractivity contribution in [2.75, 3.05) is 0 Å². The smallest absolute Gasteiger partial charge is 0.355 e. The van der Waals surface area contributed by atoms with Gasteiger partial charge in [0, 0.05) is 24.2 Å². The molecule has 8 unspecified atom stereocenters. The van der Waals surface area contributed by atoms with Crippen molar-refractivity contribution in [1.29, 1.82) is 0 Å². The molecule has 4 aliphatic rings. The van der Waals surface area contributed by atoms with Gasteiger partial charge in [0.15, 0.2) is 0 Å². The van der Waals surface area contributed by atoms with Crippen LogP contribution in [0.2, 0.25) is 0 Å². The Labute approximate surface area is 163 Å². The minimum atomic E-state index is -0.358. The molecule has 4 fully saturated rings. The van der Waals surface area contributed by atoms with Crippen molar-refractivity contribution in [3.8, 4) is 0 Å². The van der Waals surface area contributed by atoms with Crippen molar-refractivity contribution in [3.05, 3.63) is 48.0 Å². The van der Waals surface area contributed by atoms with Crippen LogP contribution in [0.3, 0.4) is 0 Å². The summed E-state index contributed by atoms with van der Waals surface area (Å²) in [5.74, 6) is 2.69. The lowest BCUT2D eigenvalue weighted by Gasteiger charge is -2.42. The lowest BCUT2D eigenvalue weighted by Crippen LogP contribution is -2.48. The van der Waals surface area contributed by atoms with E-state index < -0.39 is 0 Å². The first-order valence-electron chi connectivity index (χ1n) is 10.4. The minimum Gasteiger partial charge on any atom is -0.453 e. The van der Waals surface area contributed by atoms with Crippen LogP contribution >= 0.6 is 0 Å². The number of H-pyrrole nitrogens is 2. The summed E-state index contributed by atoms with van der Waals surface area (Å²) in [5, 5.41) is 0. The SMILES string of the molecule is O=C(OC1C2CC(C1OC(=O)c1ccc[nH]1)C1C3CCC(C3)C21)c1ccc[nH]1. The number of hydrogen-bond donors (Lipinski definition) is 2. The molecular formula is C22H24N2O4. The minimum absolute atomic E-state index is 0.311. The summed E-state index contributed by atoms with van der Waals surface area (Å²) in [5.41, 5.74) is 0.892. The first-order valence-corrected chi connectivity index (χ1v) is 10.4. The number of esters is 2. The average molecular weight is 380 g/mol. The molecule has 4 bridgehead atoms. The average Bonchev–Trinajstić information content (AvgIpc) is 3.53. The van der Waals surface area contributed by atoms with Gasteiger partial charge in [-0.1, -0.05) is 0 Å². The van der Waals surface area contributed by atoms with Gasteiger partial charge < -0.3 is 19.4 Å². The molecule has 0 amide bonds. The van der Waals surface area contributed by atoms with Crippen LogP contribution in [-0.2, 0) is 9.47 Å². The van der Waals surface area contributed by atoms with E-state index in [2.05, 4.69) is 9.97 Å². The Morgan fingerprint density at radius 3 is 1.71 bits per heavy atom.